The van der Waals surface area contributed by atoms with Crippen LogP contribution in [0, 0.1) is 11.8 Å². The maximum Gasteiger partial charge on any atom is 0.420 e. The van der Waals surface area contributed by atoms with Crippen molar-refractivity contribution in [1.29, 1.82) is 0 Å². The molecule has 2 N–H and O–H groups in total. The molecule has 0 saturated heterocycles. The second-order valence-electron chi connectivity index (χ2n) is 5.31. The molecule has 0 radical (unpaired) electrons. The Kier molecular flexibility index (Phi) is 9.02. The van der Waals surface area contributed by atoms with Gasteiger partial charge in [-0.25, -0.2) is 4.39 Å². The van der Waals surface area contributed by atoms with Crippen molar-refractivity contribution in [2.75, 3.05) is 13.1 Å². The summed E-state index contributed by atoms with van der Waals surface area (Å²) < 4.78 is 58.6. The predicted octanol–water partition coefficient (Wildman–Crippen LogP) is 4.12. The monoisotopic (exact) mass is 305 g/mol. The first-order valence-corrected chi connectivity index (χ1v) is 7.23. The van der Waals surface area contributed by atoms with Gasteiger partial charge in [-0.2, -0.15) is 13.2 Å². The van der Waals surface area contributed by atoms with Crippen molar-refractivity contribution in [3.05, 3.63) is 0 Å². The van der Waals surface area contributed by atoms with Crippen LogP contribution in [0.2, 0.25) is 0 Å². The van der Waals surface area contributed by atoms with E-state index < -0.39 is 17.6 Å². The maximum atomic E-state index is 13.1. The van der Waals surface area contributed by atoms with Crippen molar-refractivity contribution in [2.45, 2.75) is 51.2 Å². The summed E-state index contributed by atoms with van der Waals surface area (Å²) in [7, 11) is 0. The molecule has 0 amide bonds. The number of hydrogen-bond donors (Lipinski definition) is 2. The number of hydrogen-bond acceptors (Lipinski definition) is 3. The predicted molar refractivity (Wildman–Crippen MR) is 71.1 cm³/mol. The Morgan fingerprint density at radius 2 is 1.79 bits per heavy atom. The first kappa shape index (κ1) is 19.0. The van der Waals surface area contributed by atoms with E-state index in [0.717, 1.165) is 13.0 Å². The zero-order chi connectivity index (χ0) is 15.1. The van der Waals surface area contributed by atoms with Crippen molar-refractivity contribution >= 4 is 12.0 Å². The summed E-state index contributed by atoms with van der Waals surface area (Å²) in [5.41, 5.74) is 0. The van der Waals surface area contributed by atoms with Gasteiger partial charge in [0.2, 0.25) is 6.17 Å². The van der Waals surface area contributed by atoms with Gasteiger partial charge in [0.15, 0.2) is 0 Å². The van der Waals surface area contributed by atoms with Crippen molar-refractivity contribution < 1.29 is 22.1 Å². The fraction of sp³-hybridized carbons (Fsp3) is 1.00. The SMILES string of the molecule is CC(C)CCNCC(C)CC(SO)C(F)C(F)(F)F. The number of alkyl halides is 4. The minimum absolute atomic E-state index is 0.0173. The highest BCUT2D eigenvalue weighted by atomic mass is 32.2. The quantitative estimate of drug-likeness (QED) is 0.382. The number of halogens is 4. The molecule has 2 nitrogen and oxygen atoms in total. The molecule has 0 aliphatic rings. The van der Waals surface area contributed by atoms with E-state index in [4.69, 9.17) is 4.55 Å². The average Bonchev–Trinajstić information content (AvgIpc) is 2.29. The van der Waals surface area contributed by atoms with Crippen molar-refractivity contribution in [1.82, 2.24) is 5.32 Å². The smallest absolute Gasteiger partial charge is 0.330 e. The lowest BCUT2D eigenvalue weighted by Crippen LogP contribution is -2.36. The summed E-state index contributed by atoms with van der Waals surface area (Å²) in [4.78, 5) is 0. The molecular weight excluding hydrogens is 282 g/mol. The number of nitrogens with one attached hydrogen (secondary N) is 1. The van der Waals surface area contributed by atoms with Crippen molar-refractivity contribution in [3.63, 3.8) is 0 Å². The van der Waals surface area contributed by atoms with Gasteiger partial charge in [0, 0.05) is 0 Å². The fourth-order valence-electron chi connectivity index (χ4n) is 1.65. The average molecular weight is 305 g/mol. The van der Waals surface area contributed by atoms with Crippen LogP contribution in [0.25, 0.3) is 0 Å². The van der Waals surface area contributed by atoms with Gasteiger partial charge < -0.3 is 9.87 Å². The Balaban J connectivity index is 4.03. The highest BCUT2D eigenvalue weighted by Gasteiger charge is 2.46. The van der Waals surface area contributed by atoms with Gasteiger partial charge in [-0.05, 0) is 49.8 Å². The first-order valence-electron chi connectivity index (χ1n) is 6.40. The minimum Gasteiger partial charge on any atom is -0.330 e. The largest absolute Gasteiger partial charge is 0.420 e. The summed E-state index contributed by atoms with van der Waals surface area (Å²) in [6.45, 7) is 7.22. The molecule has 0 aromatic carbocycles. The Labute approximate surface area is 116 Å². The minimum atomic E-state index is -4.91. The molecule has 0 fully saturated rings. The van der Waals surface area contributed by atoms with Crippen LogP contribution in [0.1, 0.15) is 33.6 Å². The Hall–Kier alpha value is -0.0100. The van der Waals surface area contributed by atoms with E-state index in [1.54, 1.807) is 6.92 Å². The van der Waals surface area contributed by atoms with E-state index in [1.807, 2.05) is 0 Å². The zero-order valence-corrected chi connectivity index (χ0v) is 12.3. The summed E-state index contributed by atoms with van der Waals surface area (Å²) in [6.07, 6.45) is -6.93. The Morgan fingerprint density at radius 3 is 2.21 bits per heavy atom. The molecular formula is C12H23F4NOS. The van der Waals surface area contributed by atoms with Crippen LogP contribution in [-0.2, 0) is 0 Å². The van der Waals surface area contributed by atoms with E-state index in [2.05, 4.69) is 19.2 Å². The summed E-state index contributed by atoms with van der Waals surface area (Å²) in [5, 5.41) is 1.67. The van der Waals surface area contributed by atoms with Gasteiger partial charge in [0.05, 0.1) is 5.25 Å². The van der Waals surface area contributed by atoms with Crippen molar-refractivity contribution in [3.8, 4) is 0 Å². The van der Waals surface area contributed by atoms with E-state index in [0.29, 0.717) is 12.5 Å². The molecule has 0 aromatic rings. The molecule has 0 saturated carbocycles. The third-order valence-corrected chi connectivity index (χ3v) is 3.50. The highest BCUT2D eigenvalue weighted by Crippen LogP contribution is 2.33. The normalized spacial score (nSPS) is 17.5. The molecule has 0 aromatic heterocycles. The summed E-state index contributed by atoms with van der Waals surface area (Å²) in [6, 6.07) is 0. The maximum absolute atomic E-state index is 13.1. The van der Waals surface area contributed by atoms with Crippen LogP contribution in [-0.4, -0.2) is 35.2 Å². The second-order valence-corrected chi connectivity index (χ2v) is 6.13. The molecule has 0 bridgehead atoms. The van der Waals surface area contributed by atoms with E-state index in [1.165, 1.54) is 0 Å². The molecule has 3 unspecified atom stereocenters. The molecule has 0 rings (SSSR count). The summed E-state index contributed by atoms with van der Waals surface area (Å²) >= 11 is -0.0455. The van der Waals surface area contributed by atoms with Gasteiger partial charge in [-0.1, -0.05) is 20.8 Å². The molecule has 116 valence electrons. The molecule has 0 spiro atoms. The molecule has 0 heterocycles. The van der Waals surface area contributed by atoms with Crippen LogP contribution in [0.15, 0.2) is 0 Å². The lowest BCUT2D eigenvalue weighted by Gasteiger charge is -2.23. The van der Waals surface area contributed by atoms with Gasteiger partial charge >= 0.3 is 6.18 Å². The third kappa shape index (κ3) is 8.70. The Morgan fingerprint density at radius 1 is 1.21 bits per heavy atom. The first-order chi connectivity index (χ1) is 8.68. The van der Waals surface area contributed by atoms with Crippen LogP contribution in [0.3, 0.4) is 0 Å². The third-order valence-electron chi connectivity index (χ3n) is 2.80. The highest BCUT2D eigenvalue weighted by molar-refractivity contribution is 7.94. The van der Waals surface area contributed by atoms with Crippen LogP contribution >= 0.6 is 12.0 Å². The molecule has 19 heavy (non-hydrogen) atoms. The fourth-order valence-corrected chi connectivity index (χ4v) is 2.32. The molecule has 7 heteroatoms. The van der Waals surface area contributed by atoms with Gasteiger partial charge in [-0.3, -0.25) is 0 Å². The lowest BCUT2D eigenvalue weighted by atomic mass is 10.0. The molecule has 3 atom stereocenters. The van der Waals surface area contributed by atoms with Gasteiger partial charge in [-0.15, -0.1) is 0 Å². The zero-order valence-electron chi connectivity index (χ0n) is 11.5. The lowest BCUT2D eigenvalue weighted by molar-refractivity contribution is -0.181. The van der Waals surface area contributed by atoms with Crippen LogP contribution < -0.4 is 5.32 Å². The molecule has 0 aliphatic carbocycles. The van der Waals surface area contributed by atoms with E-state index in [-0.39, 0.29) is 24.4 Å². The van der Waals surface area contributed by atoms with Gasteiger partial charge in [0.1, 0.15) is 0 Å². The Bertz CT molecular complexity index is 238. The van der Waals surface area contributed by atoms with Crippen LogP contribution in [0.5, 0.6) is 0 Å². The van der Waals surface area contributed by atoms with Crippen LogP contribution in [0.4, 0.5) is 17.6 Å². The van der Waals surface area contributed by atoms with E-state index >= 15 is 0 Å². The number of rotatable bonds is 9. The molecule has 0 aliphatic heterocycles. The standard InChI is InChI=1S/C12H23F4NOS/c1-8(2)4-5-17-7-9(3)6-10(19-18)11(13)12(14,15)16/h8-11,17-18H,4-7H2,1-3H3. The van der Waals surface area contributed by atoms with Gasteiger partial charge in [0.25, 0.3) is 0 Å². The van der Waals surface area contributed by atoms with Crippen molar-refractivity contribution in [2.24, 2.45) is 11.8 Å². The second kappa shape index (κ2) is 9.02. The topological polar surface area (TPSA) is 32.3 Å². The summed E-state index contributed by atoms with van der Waals surface area (Å²) in [5.74, 6) is 0.432. The van der Waals surface area contributed by atoms with E-state index in [9.17, 15) is 17.6 Å².